The van der Waals surface area contributed by atoms with E-state index in [1.165, 1.54) is 24.3 Å². The maximum Gasteiger partial charge on any atom is 0.271 e. The number of nitrogen functional groups attached to an aromatic ring is 1. The number of nitro groups is 1. The monoisotopic (exact) mass is 291 g/mol. The van der Waals surface area contributed by atoms with Gasteiger partial charge in [0.2, 0.25) is 0 Å². The molecule has 0 aromatic heterocycles. The fraction of sp³-hybridized carbons (Fsp3) is 0. The largest absolute Gasteiger partial charge is 0.455 e. The highest BCUT2D eigenvalue weighted by atomic mass is 19.1. The number of nitrogens with two attached hydrogens (primary N) is 2. The van der Waals surface area contributed by atoms with Crippen LogP contribution in [-0.2, 0) is 0 Å². The van der Waals surface area contributed by atoms with Crippen LogP contribution in [0.5, 0.6) is 11.5 Å². The van der Waals surface area contributed by atoms with Crippen molar-refractivity contribution >= 4 is 17.3 Å². The number of nitro benzene ring substituents is 1. The number of anilines is 1. The lowest BCUT2D eigenvalue weighted by molar-refractivity contribution is -0.384. The lowest BCUT2D eigenvalue weighted by Gasteiger charge is -2.09. The second-order valence-corrected chi connectivity index (χ2v) is 4.09. The van der Waals surface area contributed by atoms with Gasteiger partial charge in [0.25, 0.3) is 11.6 Å². The Bertz CT molecular complexity index is 733. The molecule has 2 aromatic carbocycles. The van der Waals surface area contributed by atoms with E-state index in [-0.39, 0.29) is 28.4 Å². The summed E-state index contributed by atoms with van der Waals surface area (Å²) in [5, 5.41) is 10.6. The molecule has 0 atom stereocenters. The number of ether oxygens (including phenoxy) is 1. The van der Waals surface area contributed by atoms with Crippen molar-refractivity contribution in [2.75, 3.05) is 5.73 Å². The van der Waals surface area contributed by atoms with E-state index < -0.39 is 16.6 Å². The first-order valence-electron chi connectivity index (χ1n) is 5.69. The molecule has 21 heavy (non-hydrogen) atoms. The van der Waals surface area contributed by atoms with Crippen LogP contribution in [0.25, 0.3) is 0 Å². The predicted octanol–water partition coefficient (Wildman–Crippen LogP) is 2.21. The van der Waals surface area contributed by atoms with Gasteiger partial charge in [-0.2, -0.15) is 0 Å². The van der Waals surface area contributed by atoms with Gasteiger partial charge < -0.3 is 16.2 Å². The predicted molar refractivity (Wildman–Crippen MR) is 72.5 cm³/mol. The lowest BCUT2D eigenvalue weighted by Crippen LogP contribution is -2.12. The third kappa shape index (κ3) is 3.06. The molecule has 0 aliphatic carbocycles. The van der Waals surface area contributed by atoms with E-state index in [1.54, 1.807) is 0 Å². The normalized spacial score (nSPS) is 10.1. The lowest BCUT2D eigenvalue weighted by atomic mass is 10.2. The zero-order chi connectivity index (χ0) is 15.6. The highest BCUT2D eigenvalue weighted by Crippen LogP contribution is 2.31. The van der Waals surface area contributed by atoms with Gasteiger partial charge in [-0.25, -0.2) is 4.39 Å². The number of rotatable bonds is 4. The smallest absolute Gasteiger partial charge is 0.271 e. The van der Waals surface area contributed by atoms with Crippen LogP contribution >= 0.6 is 0 Å². The van der Waals surface area contributed by atoms with Crippen LogP contribution in [0.4, 0.5) is 15.8 Å². The summed E-state index contributed by atoms with van der Waals surface area (Å²) < 4.78 is 18.9. The van der Waals surface area contributed by atoms with E-state index in [2.05, 4.69) is 0 Å². The number of carbonyl (C=O) groups is 1. The average Bonchev–Trinajstić information content (AvgIpc) is 2.40. The minimum absolute atomic E-state index is 0.0311. The number of halogens is 1. The van der Waals surface area contributed by atoms with Crippen molar-refractivity contribution in [3.05, 3.63) is 57.9 Å². The van der Waals surface area contributed by atoms with E-state index in [9.17, 15) is 19.3 Å². The van der Waals surface area contributed by atoms with Crippen LogP contribution in [0, 0.1) is 15.9 Å². The summed E-state index contributed by atoms with van der Waals surface area (Å²) in [5.74, 6) is -1.51. The molecule has 7 nitrogen and oxygen atoms in total. The van der Waals surface area contributed by atoms with Crippen molar-refractivity contribution in [1.29, 1.82) is 0 Å². The van der Waals surface area contributed by atoms with E-state index in [4.69, 9.17) is 16.2 Å². The molecule has 108 valence electrons. The van der Waals surface area contributed by atoms with Gasteiger partial charge in [-0.05, 0) is 18.2 Å². The SMILES string of the molecule is NC(=O)c1ccc(Oc2ccc([N+](=O)[O-])cc2N)cc1F. The van der Waals surface area contributed by atoms with Crippen LogP contribution in [0.1, 0.15) is 10.4 Å². The van der Waals surface area contributed by atoms with E-state index in [1.807, 2.05) is 0 Å². The molecule has 0 fully saturated rings. The number of amides is 1. The number of primary amides is 1. The van der Waals surface area contributed by atoms with Crippen molar-refractivity contribution < 1.29 is 18.8 Å². The van der Waals surface area contributed by atoms with Crippen LogP contribution in [0.3, 0.4) is 0 Å². The molecule has 0 bridgehead atoms. The van der Waals surface area contributed by atoms with Gasteiger partial charge in [-0.3, -0.25) is 14.9 Å². The molecule has 2 aromatic rings. The molecule has 2 rings (SSSR count). The topological polar surface area (TPSA) is 121 Å². The van der Waals surface area contributed by atoms with Gasteiger partial charge >= 0.3 is 0 Å². The Morgan fingerprint density at radius 3 is 2.48 bits per heavy atom. The van der Waals surface area contributed by atoms with Gasteiger partial charge in [0.05, 0.1) is 16.2 Å². The highest BCUT2D eigenvalue weighted by Gasteiger charge is 2.12. The Kier molecular flexibility index (Phi) is 3.70. The third-order valence-corrected chi connectivity index (χ3v) is 2.64. The van der Waals surface area contributed by atoms with Crippen molar-refractivity contribution in [2.45, 2.75) is 0 Å². The maximum absolute atomic E-state index is 13.6. The summed E-state index contributed by atoms with van der Waals surface area (Å²) in [7, 11) is 0. The molecule has 0 aliphatic heterocycles. The number of non-ortho nitro benzene ring substituents is 1. The third-order valence-electron chi connectivity index (χ3n) is 2.64. The number of hydrogen-bond acceptors (Lipinski definition) is 5. The van der Waals surface area contributed by atoms with Gasteiger partial charge in [-0.15, -0.1) is 0 Å². The summed E-state index contributed by atoms with van der Waals surface area (Å²) in [4.78, 5) is 20.9. The number of nitrogens with zero attached hydrogens (tertiary/aromatic N) is 1. The van der Waals surface area contributed by atoms with Gasteiger partial charge in [-0.1, -0.05) is 0 Å². The van der Waals surface area contributed by atoms with Crippen molar-refractivity contribution in [2.24, 2.45) is 5.73 Å². The molecule has 0 saturated heterocycles. The fourth-order valence-corrected chi connectivity index (χ4v) is 1.63. The molecule has 0 radical (unpaired) electrons. The van der Waals surface area contributed by atoms with E-state index in [0.29, 0.717) is 0 Å². The molecular weight excluding hydrogens is 281 g/mol. The first-order chi connectivity index (χ1) is 9.88. The second-order valence-electron chi connectivity index (χ2n) is 4.09. The Morgan fingerprint density at radius 2 is 1.95 bits per heavy atom. The Morgan fingerprint density at radius 1 is 1.24 bits per heavy atom. The maximum atomic E-state index is 13.6. The van der Waals surface area contributed by atoms with Gasteiger partial charge in [0.15, 0.2) is 5.75 Å². The molecule has 0 heterocycles. The zero-order valence-electron chi connectivity index (χ0n) is 10.6. The zero-order valence-corrected chi connectivity index (χ0v) is 10.6. The summed E-state index contributed by atoms with van der Waals surface area (Å²) >= 11 is 0. The molecule has 0 aliphatic rings. The Hall–Kier alpha value is -3.16. The van der Waals surface area contributed by atoms with Crippen molar-refractivity contribution in [3.63, 3.8) is 0 Å². The van der Waals surface area contributed by atoms with Crippen LogP contribution in [0.2, 0.25) is 0 Å². The van der Waals surface area contributed by atoms with Crippen LogP contribution in [-0.4, -0.2) is 10.8 Å². The second kappa shape index (κ2) is 5.45. The number of hydrogen-bond donors (Lipinski definition) is 2. The summed E-state index contributed by atoms with van der Waals surface area (Å²) in [6, 6.07) is 7.12. The first-order valence-corrected chi connectivity index (χ1v) is 5.69. The first kappa shape index (κ1) is 14.3. The average molecular weight is 291 g/mol. The molecule has 0 unspecified atom stereocenters. The van der Waals surface area contributed by atoms with Crippen molar-refractivity contribution in [1.82, 2.24) is 0 Å². The molecule has 0 spiro atoms. The van der Waals surface area contributed by atoms with Crippen molar-refractivity contribution in [3.8, 4) is 11.5 Å². The van der Waals surface area contributed by atoms with Gasteiger partial charge in [0.1, 0.15) is 11.6 Å². The highest BCUT2D eigenvalue weighted by molar-refractivity contribution is 5.93. The summed E-state index contributed by atoms with van der Waals surface area (Å²) in [5.41, 5.74) is 10.2. The molecule has 4 N–H and O–H groups in total. The fourth-order valence-electron chi connectivity index (χ4n) is 1.63. The molecule has 0 saturated carbocycles. The molecule has 1 amide bonds. The quantitative estimate of drug-likeness (QED) is 0.508. The van der Waals surface area contributed by atoms with Crippen LogP contribution < -0.4 is 16.2 Å². The Balaban J connectivity index is 2.28. The number of benzene rings is 2. The minimum Gasteiger partial charge on any atom is -0.455 e. The molecule has 8 heteroatoms. The van der Waals surface area contributed by atoms with E-state index >= 15 is 0 Å². The van der Waals surface area contributed by atoms with Gasteiger partial charge in [0, 0.05) is 18.2 Å². The van der Waals surface area contributed by atoms with E-state index in [0.717, 1.165) is 12.1 Å². The summed E-state index contributed by atoms with van der Waals surface area (Å²) in [6.07, 6.45) is 0. The number of carbonyl (C=O) groups excluding carboxylic acids is 1. The Labute approximate surface area is 118 Å². The van der Waals surface area contributed by atoms with Crippen LogP contribution in [0.15, 0.2) is 36.4 Å². The minimum atomic E-state index is -0.895. The standard InChI is InChI=1S/C13H10FN3O4/c14-10-6-8(2-3-9(10)13(16)18)21-12-4-1-7(17(19)20)5-11(12)15/h1-6H,15H2,(H2,16,18). The molecular formula is C13H10FN3O4. The summed E-state index contributed by atoms with van der Waals surface area (Å²) in [6.45, 7) is 0.